The van der Waals surface area contributed by atoms with Crippen molar-refractivity contribution >= 4 is 32.7 Å². The number of thiophene rings is 1. The van der Waals surface area contributed by atoms with E-state index < -0.39 is 0 Å². The molecule has 1 aromatic heterocycles. The Morgan fingerprint density at radius 3 is 2.43 bits per heavy atom. The van der Waals surface area contributed by atoms with Crippen LogP contribution in [0.15, 0.2) is 169 Å². The third kappa shape index (κ3) is 8.09. The van der Waals surface area contributed by atoms with E-state index in [1.807, 2.05) is 11.3 Å². The fourth-order valence-electron chi connectivity index (χ4n) is 6.06. The fraction of sp³-hybridized carbons (Fsp3) is 0.156. The Kier molecular flexibility index (Phi) is 10.6. The molecular weight excluding hydrogens is 587 g/mol. The van der Waals surface area contributed by atoms with Gasteiger partial charge in [0.25, 0.3) is 0 Å². The Morgan fingerprint density at radius 2 is 1.64 bits per heavy atom. The summed E-state index contributed by atoms with van der Waals surface area (Å²) in [5.41, 5.74) is 12.1. The first kappa shape index (κ1) is 32.0. The lowest BCUT2D eigenvalue weighted by molar-refractivity contribution is 0.946. The number of rotatable bonds is 12. The lowest BCUT2D eigenvalue weighted by Gasteiger charge is -2.19. The van der Waals surface area contributed by atoms with E-state index in [0.29, 0.717) is 0 Å². The minimum Gasteiger partial charge on any atom is -0.358 e. The van der Waals surface area contributed by atoms with Gasteiger partial charge in [0.1, 0.15) is 0 Å². The molecule has 0 fully saturated rings. The van der Waals surface area contributed by atoms with Crippen LogP contribution in [0.4, 0.5) is 5.69 Å². The van der Waals surface area contributed by atoms with Gasteiger partial charge in [0, 0.05) is 26.5 Å². The highest BCUT2D eigenvalue weighted by atomic mass is 32.1. The molecule has 0 saturated heterocycles. The second-order valence-electron chi connectivity index (χ2n) is 12.0. The summed E-state index contributed by atoms with van der Waals surface area (Å²) in [6, 6.07) is 37.6. The second-order valence-corrected chi connectivity index (χ2v) is 13.1. The molecule has 0 amide bonds. The molecule has 0 unspecified atom stereocenters. The van der Waals surface area contributed by atoms with E-state index in [1.165, 1.54) is 59.6 Å². The molecule has 1 N–H and O–H groups in total. The van der Waals surface area contributed by atoms with Gasteiger partial charge < -0.3 is 5.32 Å². The summed E-state index contributed by atoms with van der Waals surface area (Å²) in [7, 11) is 0. The van der Waals surface area contributed by atoms with Gasteiger partial charge in [-0.2, -0.15) is 0 Å². The molecule has 1 nitrogen and oxygen atoms in total. The van der Waals surface area contributed by atoms with Gasteiger partial charge in [-0.3, -0.25) is 0 Å². The number of fused-ring (bicyclic) bond motifs is 1. The number of allylic oxidation sites excluding steroid dienone is 11. The zero-order chi connectivity index (χ0) is 32.4. The van der Waals surface area contributed by atoms with Crippen LogP contribution in [-0.4, -0.2) is 0 Å². The standard InChI is InChI=1S/C45H43NS/c1-4-6-8-16-33(3)42-20-12-13-21-43(42)46-41-27-25-37(26-28-41)35(15-5-2)24-23-34-29-39(36-17-9-7-10-18-36)31-40(30-34)45-32-38-19-11-14-22-44(38)47-45/h5,7-12,14-20,22,24-32,46H,3-4,6,13,21,23H2,1-2H3/b15-5-,16-8-,35-24+. The molecule has 0 saturated carbocycles. The predicted molar refractivity (Wildman–Crippen MR) is 208 cm³/mol. The lowest BCUT2D eigenvalue weighted by atomic mass is 9.95. The molecule has 6 rings (SSSR count). The maximum absolute atomic E-state index is 4.35. The monoisotopic (exact) mass is 629 g/mol. The van der Waals surface area contributed by atoms with E-state index in [4.69, 9.17) is 0 Å². The Bertz CT molecular complexity index is 1960. The molecule has 5 aromatic rings. The van der Waals surface area contributed by atoms with Crippen LogP contribution in [0.25, 0.3) is 37.2 Å². The smallest absolute Gasteiger partial charge is 0.0382 e. The van der Waals surface area contributed by atoms with Crippen LogP contribution in [0.2, 0.25) is 0 Å². The molecule has 2 heteroatoms. The Hall–Kier alpha value is -4.92. The van der Waals surface area contributed by atoms with Gasteiger partial charge in [-0.25, -0.2) is 0 Å². The Morgan fingerprint density at radius 1 is 0.851 bits per heavy atom. The average Bonchev–Trinajstić information content (AvgIpc) is 3.56. The molecule has 1 heterocycles. The number of anilines is 1. The summed E-state index contributed by atoms with van der Waals surface area (Å²) in [5, 5.41) is 5.01. The highest BCUT2D eigenvalue weighted by molar-refractivity contribution is 7.22. The molecule has 0 aliphatic heterocycles. The number of nitrogens with one attached hydrogen (secondary N) is 1. The van der Waals surface area contributed by atoms with E-state index >= 15 is 0 Å². The lowest BCUT2D eigenvalue weighted by Crippen LogP contribution is -2.06. The van der Waals surface area contributed by atoms with Crippen LogP contribution < -0.4 is 5.32 Å². The minimum absolute atomic E-state index is 0.842. The van der Waals surface area contributed by atoms with Gasteiger partial charge in [-0.1, -0.05) is 129 Å². The molecule has 4 aromatic carbocycles. The first-order valence-electron chi connectivity index (χ1n) is 16.8. The first-order valence-corrected chi connectivity index (χ1v) is 17.6. The predicted octanol–water partition coefficient (Wildman–Crippen LogP) is 13.4. The van der Waals surface area contributed by atoms with Crippen molar-refractivity contribution in [2.75, 3.05) is 5.32 Å². The molecule has 0 spiro atoms. The molecule has 47 heavy (non-hydrogen) atoms. The maximum Gasteiger partial charge on any atom is 0.0382 e. The number of hydrogen-bond acceptors (Lipinski definition) is 2. The van der Waals surface area contributed by atoms with Crippen molar-refractivity contribution in [1.29, 1.82) is 0 Å². The molecule has 0 radical (unpaired) electrons. The zero-order valence-corrected chi connectivity index (χ0v) is 28.3. The topological polar surface area (TPSA) is 12.0 Å². The summed E-state index contributed by atoms with van der Waals surface area (Å²) in [6.07, 6.45) is 20.7. The van der Waals surface area contributed by atoms with E-state index in [0.717, 1.165) is 43.4 Å². The minimum atomic E-state index is 0.842. The van der Waals surface area contributed by atoms with Crippen LogP contribution in [0.1, 0.15) is 50.7 Å². The van der Waals surface area contributed by atoms with Crippen molar-refractivity contribution in [3.05, 3.63) is 180 Å². The van der Waals surface area contributed by atoms with Gasteiger partial charge >= 0.3 is 0 Å². The van der Waals surface area contributed by atoms with Crippen LogP contribution in [-0.2, 0) is 6.42 Å². The van der Waals surface area contributed by atoms with E-state index in [2.05, 4.69) is 171 Å². The average molecular weight is 630 g/mol. The van der Waals surface area contributed by atoms with Crippen LogP contribution in [0.3, 0.4) is 0 Å². The maximum atomic E-state index is 4.35. The molecular formula is C45H43NS. The fourth-order valence-corrected chi connectivity index (χ4v) is 7.11. The SMILES string of the molecule is C=C(/C=C\CCC)C1=C(Nc2ccc(C(/C=C\C)=C/Cc3cc(-c4ccccc4)cc(-c4cc5ccccc5s4)c3)cc2)CCC=C1. The third-order valence-corrected chi connectivity index (χ3v) is 9.68. The van der Waals surface area contributed by atoms with Crippen LogP contribution in [0, 0.1) is 0 Å². The summed E-state index contributed by atoms with van der Waals surface area (Å²) >= 11 is 1.86. The van der Waals surface area contributed by atoms with Crippen molar-refractivity contribution in [1.82, 2.24) is 0 Å². The third-order valence-electron chi connectivity index (χ3n) is 8.52. The van der Waals surface area contributed by atoms with Crippen LogP contribution >= 0.6 is 11.3 Å². The Balaban J connectivity index is 1.26. The normalized spacial score (nSPS) is 13.7. The van der Waals surface area contributed by atoms with Crippen LogP contribution in [0.5, 0.6) is 0 Å². The molecule has 1 aliphatic rings. The van der Waals surface area contributed by atoms with E-state index in [1.54, 1.807) is 0 Å². The number of benzene rings is 4. The van der Waals surface area contributed by atoms with Crippen molar-refractivity contribution in [3.8, 4) is 21.6 Å². The van der Waals surface area contributed by atoms with Gasteiger partial charge in [0.15, 0.2) is 0 Å². The second kappa shape index (κ2) is 15.6. The van der Waals surface area contributed by atoms with Gasteiger partial charge in [0.2, 0.25) is 0 Å². The number of unbranched alkanes of at least 4 members (excludes halogenated alkanes) is 1. The summed E-state index contributed by atoms with van der Waals surface area (Å²) < 4.78 is 1.32. The first-order chi connectivity index (χ1) is 23.1. The van der Waals surface area contributed by atoms with Gasteiger partial charge in [-0.15, -0.1) is 11.3 Å². The number of hydrogen-bond donors (Lipinski definition) is 1. The summed E-state index contributed by atoms with van der Waals surface area (Å²) in [4.78, 5) is 1.30. The summed E-state index contributed by atoms with van der Waals surface area (Å²) in [6.45, 7) is 8.64. The quantitative estimate of drug-likeness (QED) is 0.135. The molecule has 1 aliphatic carbocycles. The largest absolute Gasteiger partial charge is 0.358 e. The Labute approximate surface area is 284 Å². The van der Waals surface area contributed by atoms with Gasteiger partial charge in [0.05, 0.1) is 0 Å². The van der Waals surface area contributed by atoms with Crippen molar-refractivity contribution in [3.63, 3.8) is 0 Å². The molecule has 0 atom stereocenters. The van der Waals surface area contributed by atoms with Crippen molar-refractivity contribution in [2.45, 2.75) is 46.0 Å². The molecule has 0 bridgehead atoms. The molecule has 234 valence electrons. The van der Waals surface area contributed by atoms with Gasteiger partial charge in [-0.05, 0) is 113 Å². The highest BCUT2D eigenvalue weighted by Gasteiger charge is 2.12. The van der Waals surface area contributed by atoms with E-state index in [-0.39, 0.29) is 0 Å². The van der Waals surface area contributed by atoms with Crippen molar-refractivity contribution < 1.29 is 0 Å². The van der Waals surface area contributed by atoms with E-state index in [9.17, 15) is 0 Å². The van der Waals surface area contributed by atoms with Crippen molar-refractivity contribution in [2.24, 2.45) is 0 Å². The zero-order valence-electron chi connectivity index (χ0n) is 27.5. The highest BCUT2D eigenvalue weighted by Crippen LogP contribution is 2.36. The summed E-state index contributed by atoms with van der Waals surface area (Å²) in [5.74, 6) is 0.